The molecule has 1 fully saturated rings. The molecule has 0 bridgehead atoms. The topological polar surface area (TPSA) is 163 Å². The van der Waals surface area contributed by atoms with Gasteiger partial charge in [0.25, 0.3) is 0 Å². The Morgan fingerprint density at radius 1 is 1.31 bits per heavy atom. The first-order valence-electron chi connectivity index (χ1n) is 12.0. The third kappa shape index (κ3) is 7.96. The van der Waals surface area contributed by atoms with Crippen LogP contribution in [0.5, 0.6) is 0 Å². The van der Waals surface area contributed by atoms with Gasteiger partial charge in [0.1, 0.15) is 10.9 Å². The molecule has 0 aromatic heterocycles. The van der Waals surface area contributed by atoms with Crippen molar-refractivity contribution < 1.29 is 18.3 Å². The first-order chi connectivity index (χ1) is 16.2. The minimum atomic E-state index is -3.95. The molecule has 1 aromatic carbocycles. The number of rotatable bonds is 10. The Labute approximate surface area is 214 Å². The van der Waals surface area contributed by atoms with Gasteiger partial charge in [-0.1, -0.05) is 19.1 Å². The van der Waals surface area contributed by atoms with Crippen LogP contribution in [0.2, 0.25) is 0 Å². The number of anilines is 1. The lowest BCUT2D eigenvalue weighted by molar-refractivity contribution is -0.134. The molecule has 1 aromatic rings. The molecule has 0 radical (unpaired) electrons. The van der Waals surface area contributed by atoms with Crippen molar-refractivity contribution in [3.8, 4) is 0 Å². The van der Waals surface area contributed by atoms with Crippen molar-refractivity contribution in [2.24, 2.45) is 28.3 Å². The van der Waals surface area contributed by atoms with Crippen molar-refractivity contribution in [3.05, 3.63) is 23.8 Å². The Bertz CT molecular complexity index is 978. The molecule has 1 amide bonds. The number of hydrogen-bond donors (Lipinski definition) is 5. The SMILES string of the molecule is CC1CNc2c(cccc2S(=O)(=O)N[C@@H](CCCN=C(N)N)C(=O)N2CCC(CCO)CC2)C1.Cl. The molecule has 2 heterocycles. The molecule has 2 aliphatic heterocycles. The fraction of sp³-hybridized carbons (Fsp3) is 0.652. The van der Waals surface area contributed by atoms with Gasteiger partial charge in [-0.3, -0.25) is 9.79 Å². The van der Waals surface area contributed by atoms with Gasteiger partial charge in [-0.25, -0.2) is 8.42 Å². The largest absolute Gasteiger partial charge is 0.396 e. The molecule has 198 valence electrons. The van der Waals surface area contributed by atoms with Crippen LogP contribution in [0.15, 0.2) is 28.1 Å². The van der Waals surface area contributed by atoms with Crippen LogP contribution in [0.4, 0.5) is 5.69 Å². The fourth-order valence-electron chi connectivity index (χ4n) is 4.73. The van der Waals surface area contributed by atoms with Crippen molar-refractivity contribution in [2.45, 2.75) is 56.4 Å². The van der Waals surface area contributed by atoms with Crippen molar-refractivity contribution in [1.82, 2.24) is 9.62 Å². The Kier molecular flexibility index (Phi) is 11.1. The number of nitrogens with one attached hydrogen (secondary N) is 2. The maximum Gasteiger partial charge on any atom is 0.243 e. The van der Waals surface area contributed by atoms with E-state index in [1.165, 1.54) is 0 Å². The lowest BCUT2D eigenvalue weighted by Crippen LogP contribution is -2.50. The third-order valence-corrected chi connectivity index (χ3v) is 8.12. The molecule has 2 atom stereocenters. The van der Waals surface area contributed by atoms with E-state index in [0.717, 1.165) is 31.2 Å². The predicted molar refractivity (Wildman–Crippen MR) is 140 cm³/mol. The third-order valence-electron chi connectivity index (χ3n) is 6.60. The highest BCUT2D eigenvalue weighted by molar-refractivity contribution is 7.89. The highest BCUT2D eigenvalue weighted by Gasteiger charge is 2.33. The summed E-state index contributed by atoms with van der Waals surface area (Å²) in [6, 6.07) is 4.35. The molecule has 3 rings (SSSR count). The summed E-state index contributed by atoms with van der Waals surface area (Å²) in [5.41, 5.74) is 12.4. The number of carbonyl (C=O) groups is 1. The maximum absolute atomic E-state index is 13.4. The number of halogens is 1. The zero-order valence-corrected chi connectivity index (χ0v) is 21.9. The van der Waals surface area contributed by atoms with Gasteiger partial charge >= 0.3 is 0 Å². The van der Waals surface area contributed by atoms with Crippen molar-refractivity contribution >= 4 is 40.0 Å². The Hall–Kier alpha value is -2.08. The van der Waals surface area contributed by atoms with E-state index in [1.54, 1.807) is 17.0 Å². The molecule has 0 saturated carbocycles. The molecule has 35 heavy (non-hydrogen) atoms. The van der Waals surface area contributed by atoms with Crippen molar-refractivity contribution in [2.75, 3.05) is 38.1 Å². The van der Waals surface area contributed by atoms with Crippen molar-refractivity contribution in [3.63, 3.8) is 0 Å². The Morgan fingerprint density at radius 3 is 2.69 bits per heavy atom. The number of fused-ring (bicyclic) bond motifs is 1. The van der Waals surface area contributed by atoms with Gasteiger partial charge in [-0.05, 0) is 62.0 Å². The Balaban J connectivity index is 0.00000432. The van der Waals surface area contributed by atoms with Crippen LogP contribution in [0.3, 0.4) is 0 Å². The van der Waals surface area contributed by atoms with Crippen LogP contribution < -0.4 is 21.5 Å². The molecule has 0 spiro atoms. The first-order valence-corrected chi connectivity index (χ1v) is 13.5. The fourth-order valence-corrected chi connectivity index (χ4v) is 6.18. The highest BCUT2D eigenvalue weighted by Crippen LogP contribution is 2.31. The number of para-hydroxylation sites is 1. The van der Waals surface area contributed by atoms with Gasteiger partial charge in [0.15, 0.2) is 5.96 Å². The normalized spacial score (nSPS) is 19.1. The van der Waals surface area contributed by atoms with E-state index in [9.17, 15) is 18.3 Å². The molecular formula is C23H39ClN6O4S. The summed E-state index contributed by atoms with van der Waals surface area (Å²) in [6.07, 6.45) is 3.87. The highest BCUT2D eigenvalue weighted by atomic mass is 35.5. The van der Waals surface area contributed by atoms with Crippen LogP contribution in [0, 0.1) is 11.8 Å². The lowest BCUT2D eigenvalue weighted by atomic mass is 9.93. The molecular weight excluding hydrogens is 492 g/mol. The number of nitrogens with two attached hydrogens (primary N) is 2. The number of sulfonamides is 1. The quantitative estimate of drug-likeness (QED) is 0.171. The molecule has 0 aliphatic carbocycles. The molecule has 1 unspecified atom stereocenters. The molecule has 12 heteroatoms. The summed E-state index contributed by atoms with van der Waals surface area (Å²) >= 11 is 0. The van der Waals surface area contributed by atoms with Gasteiger partial charge in [0.05, 0.1) is 5.69 Å². The van der Waals surface area contributed by atoms with Crippen LogP contribution in [0.1, 0.15) is 44.6 Å². The summed E-state index contributed by atoms with van der Waals surface area (Å²) in [7, 11) is -3.95. The minimum Gasteiger partial charge on any atom is -0.396 e. The number of guanidine groups is 1. The van der Waals surface area contributed by atoms with E-state index < -0.39 is 16.1 Å². The molecule has 1 saturated heterocycles. The molecule has 2 aliphatic rings. The van der Waals surface area contributed by atoms with Gasteiger partial charge < -0.3 is 26.8 Å². The predicted octanol–water partition coefficient (Wildman–Crippen LogP) is 1.03. The zero-order valence-electron chi connectivity index (χ0n) is 20.3. The molecule has 7 N–H and O–H groups in total. The summed E-state index contributed by atoms with van der Waals surface area (Å²) in [6.45, 7) is 4.37. The number of aliphatic imine (C=N–C) groups is 1. The Morgan fingerprint density at radius 2 is 2.03 bits per heavy atom. The standard InChI is InChI=1S/C23H38N6O4S.ClH/c1-16-14-18-4-2-6-20(21(18)27-15-16)34(32,33)28-19(5-3-10-26-23(24)25)22(31)29-11-7-17(8-12-29)9-13-30;/h2,4,6,16-17,19,27-28,30H,3,5,7-15H2,1H3,(H4,24,25,26);1H/t16?,19-;/m0./s1. The number of aliphatic hydroxyl groups excluding tert-OH is 1. The van der Waals surface area contributed by atoms with E-state index in [1.807, 2.05) is 6.07 Å². The number of nitrogens with zero attached hydrogens (tertiary/aromatic N) is 2. The second-order valence-corrected chi connectivity index (χ2v) is 11.1. The summed E-state index contributed by atoms with van der Waals surface area (Å²) in [4.78, 5) is 19.2. The maximum atomic E-state index is 13.4. The van der Waals surface area contributed by atoms with Gasteiger partial charge in [0, 0.05) is 32.8 Å². The summed E-state index contributed by atoms with van der Waals surface area (Å²) in [5.74, 6) is 0.528. The number of hydrogen-bond acceptors (Lipinski definition) is 6. The van der Waals surface area contributed by atoms with Crippen LogP contribution in [-0.2, 0) is 21.2 Å². The van der Waals surface area contributed by atoms with Crippen LogP contribution in [0.25, 0.3) is 0 Å². The number of piperidine rings is 1. The summed E-state index contributed by atoms with van der Waals surface area (Å²) < 4.78 is 29.6. The zero-order chi connectivity index (χ0) is 24.7. The van der Waals surface area contributed by atoms with Gasteiger partial charge in [0.2, 0.25) is 15.9 Å². The van der Waals surface area contributed by atoms with E-state index in [-0.39, 0.29) is 42.2 Å². The minimum absolute atomic E-state index is 0. The van der Waals surface area contributed by atoms with Crippen LogP contribution in [-0.4, -0.2) is 69.1 Å². The lowest BCUT2D eigenvalue weighted by Gasteiger charge is -2.34. The number of benzene rings is 1. The monoisotopic (exact) mass is 530 g/mol. The van der Waals surface area contributed by atoms with E-state index in [0.29, 0.717) is 50.1 Å². The smallest absolute Gasteiger partial charge is 0.243 e. The van der Waals surface area contributed by atoms with E-state index >= 15 is 0 Å². The van der Waals surface area contributed by atoms with Crippen molar-refractivity contribution in [1.29, 1.82) is 0 Å². The van der Waals surface area contributed by atoms with E-state index in [4.69, 9.17) is 11.5 Å². The average Bonchev–Trinajstić information content (AvgIpc) is 2.80. The number of amides is 1. The summed E-state index contributed by atoms with van der Waals surface area (Å²) in [5, 5.41) is 12.4. The molecule has 10 nitrogen and oxygen atoms in total. The average molecular weight is 531 g/mol. The number of likely N-dealkylation sites (tertiary alicyclic amines) is 1. The van der Waals surface area contributed by atoms with E-state index in [2.05, 4.69) is 22.0 Å². The number of carbonyl (C=O) groups excluding carboxylic acids is 1. The van der Waals surface area contributed by atoms with Gasteiger partial charge in [-0.15, -0.1) is 12.4 Å². The van der Waals surface area contributed by atoms with Gasteiger partial charge in [-0.2, -0.15) is 4.72 Å². The first kappa shape index (κ1) is 29.2. The second kappa shape index (κ2) is 13.3. The second-order valence-electron chi connectivity index (χ2n) is 9.38. The number of aliphatic hydroxyl groups is 1. The van der Waals surface area contributed by atoms with Crippen LogP contribution >= 0.6 is 12.4 Å².